The van der Waals surface area contributed by atoms with Crippen molar-refractivity contribution in [3.05, 3.63) is 69.7 Å². The van der Waals surface area contributed by atoms with Crippen LogP contribution in [-0.2, 0) is 17.8 Å². The number of carbonyl (C=O) groups is 1. The fourth-order valence-corrected chi connectivity index (χ4v) is 3.25. The highest BCUT2D eigenvalue weighted by atomic mass is 79.9. The van der Waals surface area contributed by atoms with Crippen molar-refractivity contribution in [1.82, 2.24) is 5.32 Å². The zero-order valence-corrected chi connectivity index (χ0v) is 13.1. The highest BCUT2D eigenvalue weighted by Gasteiger charge is 2.25. The third-order valence-electron chi connectivity index (χ3n) is 3.72. The van der Waals surface area contributed by atoms with Gasteiger partial charge < -0.3 is 10.1 Å². The Bertz CT molecular complexity index is 642. The summed E-state index contributed by atoms with van der Waals surface area (Å²) in [5.41, 5.74) is 3.45. The normalized spacial score (nSPS) is 16.3. The maximum absolute atomic E-state index is 11.9. The van der Waals surface area contributed by atoms with Crippen molar-refractivity contribution in [2.24, 2.45) is 0 Å². The molecule has 1 unspecified atom stereocenters. The van der Waals surface area contributed by atoms with E-state index < -0.39 is 0 Å². The number of fused-ring (bicyclic) bond motifs is 1. The summed E-state index contributed by atoms with van der Waals surface area (Å²) >= 11 is 3.56. The lowest BCUT2D eigenvalue weighted by Gasteiger charge is -2.14. The maximum Gasteiger partial charge on any atom is 0.407 e. The van der Waals surface area contributed by atoms with Crippen LogP contribution in [0.1, 0.15) is 29.2 Å². The van der Waals surface area contributed by atoms with Gasteiger partial charge in [0.05, 0.1) is 6.04 Å². The van der Waals surface area contributed by atoms with Crippen molar-refractivity contribution in [3.63, 3.8) is 0 Å². The van der Waals surface area contributed by atoms with E-state index in [1.807, 2.05) is 42.5 Å². The molecule has 108 valence electrons. The summed E-state index contributed by atoms with van der Waals surface area (Å²) in [5.74, 6) is 0. The Morgan fingerprint density at radius 1 is 1.19 bits per heavy atom. The molecule has 0 aromatic heterocycles. The van der Waals surface area contributed by atoms with E-state index >= 15 is 0 Å². The smallest absolute Gasteiger partial charge is 0.407 e. The van der Waals surface area contributed by atoms with Gasteiger partial charge in [0.25, 0.3) is 0 Å². The average Bonchev–Trinajstić information content (AvgIpc) is 2.91. The van der Waals surface area contributed by atoms with E-state index in [9.17, 15) is 4.79 Å². The molecule has 1 amide bonds. The summed E-state index contributed by atoms with van der Waals surface area (Å²) in [6.07, 6.45) is 1.52. The quantitative estimate of drug-likeness (QED) is 0.897. The molecule has 2 aromatic carbocycles. The lowest BCUT2D eigenvalue weighted by molar-refractivity contribution is 0.135. The van der Waals surface area contributed by atoms with Crippen LogP contribution in [0.5, 0.6) is 0 Å². The van der Waals surface area contributed by atoms with Gasteiger partial charge in [0, 0.05) is 4.47 Å². The van der Waals surface area contributed by atoms with Gasteiger partial charge >= 0.3 is 6.09 Å². The van der Waals surface area contributed by atoms with Gasteiger partial charge in [-0.05, 0) is 35.6 Å². The molecule has 1 N–H and O–H groups in total. The molecule has 0 fully saturated rings. The molecule has 21 heavy (non-hydrogen) atoms. The minimum absolute atomic E-state index is 0.0424. The molecule has 3 rings (SSSR count). The van der Waals surface area contributed by atoms with Crippen LogP contribution in [0.15, 0.2) is 53.0 Å². The standard InChI is InChI=1S/C17H16BrNO2/c18-15-8-4-7-14-13(15)9-10-16(14)19-17(20)21-11-12-5-2-1-3-6-12/h1-8,16H,9-11H2,(H,19,20). The van der Waals surface area contributed by atoms with E-state index in [1.165, 1.54) is 11.1 Å². The third-order valence-corrected chi connectivity index (χ3v) is 4.46. The lowest BCUT2D eigenvalue weighted by atomic mass is 10.1. The Hall–Kier alpha value is -1.81. The van der Waals surface area contributed by atoms with Crippen molar-refractivity contribution in [1.29, 1.82) is 0 Å². The minimum atomic E-state index is -0.364. The maximum atomic E-state index is 11.9. The van der Waals surface area contributed by atoms with Crippen LogP contribution in [0.4, 0.5) is 4.79 Å². The Labute approximate surface area is 132 Å². The van der Waals surface area contributed by atoms with Crippen LogP contribution in [0, 0.1) is 0 Å². The summed E-state index contributed by atoms with van der Waals surface area (Å²) in [7, 11) is 0. The van der Waals surface area contributed by atoms with Crippen LogP contribution >= 0.6 is 15.9 Å². The predicted octanol–water partition coefficient (Wildman–Crippen LogP) is 4.36. The summed E-state index contributed by atoms with van der Waals surface area (Å²) in [6, 6.07) is 15.8. The van der Waals surface area contributed by atoms with Crippen LogP contribution in [0.3, 0.4) is 0 Å². The van der Waals surface area contributed by atoms with Crippen molar-refractivity contribution >= 4 is 22.0 Å². The molecule has 0 bridgehead atoms. The van der Waals surface area contributed by atoms with E-state index in [1.54, 1.807) is 0 Å². The van der Waals surface area contributed by atoms with E-state index in [4.69, 9.17) is 4.74 Å². The Balaban J connectivity index is 1.59. The van der Waals surface area contributed by atoms with Gasteiger partial charge in [0.1, 0.15) is 6.61 Å². The average molecular weight is 346 g/mol. The highest BCUT2D eigenvalue weighted by molar-refractivity contribution is 9.10. The summed E-state index contributed by atoms with van der Waals surface area (Å²) in [6.45, 7) is 0.296. The summed E-state index contributed by atoms with van der Waals surface area (Å²) in [4.78, 5) is 11.9. The number of amides is 1. The molecule has 1 aliphatic rings. The summed E-state index contributed by atoms with van der Waals surface area (Å²) < 4.78 is 6.39. The molecule has 0 saturated carbocycles. The Morgan fingerprint density at radius 3 is 2.81 bits per heavy atom. The molecule has 1 atom stereocenters. The molecule has 1 aliphatic carbocycles. The first kappa shape index (κ1) is 14.1. The second-order valence-corrected chi connectivity index (χ2v) is 5.96. The largest absolute Gasteiger partial charge is 0.445 e. The van der Waals surface area contributed by atoms with Gasteiger partial charge in [0.2, 0.25) is 0 Å². The number of hydrogen-bond acceptors (Lipinski definition) is 2. The first-order chi connectivity index (χ1) is 10.2. The molecular weight excluding hydrogens is 330 g/mol. The predicted molar refractivity (Wildman–Crippen MR) is 85.0 cm³/mol. The van der Waals surface area contributed by atoms with E-state index in [0.717, 1.165) is 22.9 Å². The molecular formula is C17H16BrNO2. The van der Waals surface area contributed by atoms with Crippen LogP contribution < -0.4 is 5.32 Å². The number of benzene rings is 2. The van der Waals surface area contributed by atoms with Gasteiger partial charge in [0.15, 0.2) is 0 Å². The minimum Gasteiger partial charge on any atom is -0.445 e. The number of rotatable bonds is 3. The lowest BCUT2D eigenvalue weighted by Crippen LogP contribution is -2.27. The third kappa shape index (κ3) is 3.27. The second-order valence-electron chi connectivity index (χ2n) is 5.10. The molecule has 0 heterocycles. The SMILES string of the molecule is O=C(NC1CCc2c(Br)cccc21)OCc1ccccc1. The molecule has 0 radical (unpaired) electrons. The number of carbonyl (C=O) groups excluding carboxylic acids is 1. The second kappa shape index (κ2) is 6.31. The molecule has 3 nitrogen and oxygen atoms in total. The van der Waals surface area contributed by atoms with Crippen molar-refractivity contribution in [2.45, 2.75) is 25.5 Å². The van der Waals surface area contributed by atoms with Crippen LogP contribution in [-0.4, -0.2) is 6.09 Å². The molecule has 0 saturated heterocycles. The van der Waals surface area contributed by atoms with Crippen LogP contribution in [0.25, 0.3) is 0 Å². The van der Waals surface area contributed by atoms with Gasteiger partial charge in [-0.2, -0.15) is 0 Å². The molecule has 0 aliphatic heterocycles. The number of alkyl carbamates (subject to hydrolysis) is 1. The molecule has 4 heteroatoms. The number of hydrogen-bond donors (Lipinski definition) is 1. The molecule has 0 spiro atoms. The van der Waals surface area contributed by atoms with E-state index in [-0.39, 0.29) is 12.1 Å². The van der Waals surface area contributed by atoms with Crippen molar-refractivity contribution in [3.8, 4) is 0 Å². The first-order valence-corrected chi connectivity index (χ1v) is 7.78. The number of nitrogens with one attached hydrogen (secondary N) is 1. The van der Waals surface area contributed by atoms with E-state index in [2.05, 4.69) is 27.3 Å². The number of ether oxygens (including phenoxy) is 1. The Morgan fingerprint density at radius 2 is 2.00 bits per heavy atom. The van der Waals surface area contributed by atoms with Gasteiger partial charge in [-0.25, -0.2) is 4.79 Å². The zero-order valence-electron chi connectivity index (χ0n) is 11.5. The van der Waals surface area contributed by atoms with Gasteiger partial charge in [-0.15, -0.1) is 0 Å². The first-order valence-electron chi connectivity index (χ1n) is 6.98. The number of halogens is 1. The van der Waals surface area contributed by atoms with Crippen molar-refractivity contribution < 1.29 is 9.53 Å². The molecule has 2 aromatic rings. The zero-order chi connectivity index (χ0) is 14.7. The fourth-order valence-electron chi connectivity index (χ4n) is 2.67. The fraction of sp³-hybridized carbons (Fsp3) is 0.235. The van der Waals surface area contributed by atoms with Crippen LogP contribution in [0.2, 0.25) is 0 Å². The van der Waals surface area contributed by atoms with E-state index in [0.29, 0.717) is 6.61 Å². The Kier molecular flexibility index (Phi) is 4.25. The highest BCUT2D eigenvalue weighted by Crippen LogP contribution is 2.35. The summed E-state index contributed by atoms with van der Waals surface area (Å²) in [5, 5.41) is 2.95. The monoisotopic (exact) mass is 345 g/mol. The van der Waals surface area contributed by atoms with Gasteiger partial charge in [-0.1, -0.05) is 58.4 Å². The van der Waals surface area contributed by atoms with Crippen molar-refractivity contribution in [2.75, 3.05) is 0 Å². The van der Waals surface area contributed by atoms with Gasteiger partial charge in [-0.3, -0.25) is 0 Å². The topological polar surface area (TPSA) is 38.3 Å².